The van der Waals surface area contributed by atoms with E-state index in [1.54, 1.807) is 12.1 Å². The van der Waals surface area contributed by atoms with Gasteiger partial charge in [0.1, 0.15) is 0 Å². The molecule has 1 aromatic heterocycles. The Balaban J connectivity index is 1.79. The van der Waals surface area contributed by atoms with Crippen molar-refractivity contribution < 1.29 is 9.59 Å². The van der Waals surface area contributed by atoms with E-state index in [-0.39, 0.29) is 11.7 Å². The number of nitrogens with two attached hydrogens (primary N) is 1. The van der Waals surface area contributed by atoms with Gasteiger partial charge in [-0.25, -0.2) is 14.8 Å². The molecule has 2 aromatic rings. The van der Waals surface area contributed by atoms with Gasteiger partial charge in [0.15, 0.2) is 5.16 Å². The van der Waals surface area contributed by atoms with Crippen LogP contribution in [0.1, 0.15) is 17.0 Å². The molecule has 1 aromatic carbocycles. The molecular formula is C16H19N5O2S. The van der Waals surface area contributed by atoms with Crippen LogP contribution in [0.3, 0.4) is 0 Å². The van der Waals surface area contributed by atoms with Crippen LogP contribution in [0.15, 0.2) is 35.5 Å². The number of benzene rings is 1. The highest BCUT2D eigenvalue weighted by molar-refractivity contribution is 7.99. The van der Waals surface area contributed by atoms with E-state index >= 15 is 0 Å². The summed E-state index contributed by atoms with van der Waals surface area (Å²) in [5.74, 6) is 0.159. The van der Waals surface area contributed by atoms with Gasteiger partial charge in [0.05, 0.1) is 5.75 Å². The lowest BCUT2D eigenvalue weighted by Crippen LogP contribution is -2.24. The molecule has 126 valence electrons. The van der Waals surface area contributed by atoms with Crippen LogP contribution in [0.25, 0.3) is 0 Å². The number of nitrogens with one attached hydrogen (secondary N) is 2. The summed E-state index contributed by atoms with van der Waals surface area (Å²) in [6.07, 6.45) is 0. The average molecular weight is 345 g/mol. The zero-order valence-corrected chi connectivity index (χ0v) is 14.3. The predicted molar refractivity (Wildman–Crippen MR) is 93.7 cm³/mol. The molecule has 3 amide bonds. The van der Waals surface area contributed by atoms with E-state index in [1.165, 1.54) is 11.8 Å². The maximum Gasteiger partial charge on any atom is 0.316 e. The SMILES string of the molecule is Cc1cc(C)nc(SCC(=O)NCc2ccc(NC(N)=O)cc2)n1. The highest BCUT2D eigenvalue weighted by Gasteiger charge is 2.06. The summed E-state index contributed by atoms with van der Waals surface area (Å²) in [5.41, 5.74) is 8.34. The number of carbonyl (C=O) groups excluding carboxylic acids is 2. The highest BCUT2D eigenvalue weighted by Crippen LogP contribution is 2.14. The molecule has 1 heterocycles. The van der Waals surface area contributed by atoms with Crippen LogP contribution in [-0.2, 0) is 11.3 Å². The van der Waals surface area contributed by atoms with Gasteiger partial charge in [-0.15, -0.1) is 0 Å². The number of aryl methyl sites for hydroxylation is 2. The average Bonchev–Trinajstić information content (AvgIpc) is 2.51. The molecule has 0 atom stereocenters. The lowest BCUT2D eigenvalue weighted by molar-refractivity contribution is -0.118. The summed E-state index contributed by atoms with van der Waals surface area (Å²) in [7, 11) is 0. The third-order valence-electron chi connectivity index (χ3n) is 3.01. The van der Waals surface area contributed by atoms with Crippen LogP contribution >= 0.6 is 11.8 Å². The van der Waals surface area contributed by atoms with Crippen molar-refractivity contribution in [2.75, 3.05) is 11.1 Å². The monoisotopic (exact) mass is 345 g/mol. The summed E-state index contributed by atoms with van der Waals surface area (Å²) in [5, 5.41) is 5.91. The van der Waals surface area contributed by atoms with Crippen molar-refractivity contribution in [2.24, 2.45) is 5.73 Å². The molecule has 0 unspecified atom stereocenters. The number of aromatic nitrogens is 2. The van der Waals surface area contributed by atoms with Gasteiger partial charge in [0.2, 0.25) is 5.91 Å². The van der Waals surface area contributed by atoms with Crippen molar-refractivity contribution >= 4 is 29.4 Å². The summed E-state index contributed by atoms with van der Waals surface area (Å²) in [6.45, 7) is 4.20. The fourth-order valence-corrected chi connectivity index (χ4v) is 2.77. The summed E-state index contributed by atoms with van der Waals surface area (Å²) in [4.78, 5) is 31.2. The smallest absolute Gasteiger partial charge is 0.316 e. The number of amides is 3. The van der Waals surface area contributed by atoms with Gasteiger partial charge in [-0.3, -0.25) is 4.79 Å². The van der Waals surface area contributed by atoms with Crippen molar-refractivity contribution in [1.29, 1.82) is 0 Å². The van der Waals surface area contributed by atoms with Gasteiger partial charge < -0.3 is 16.4 Å². The van der Waals surface area contributed by atoms with Gasteiger partial charge in [0, 0.05) is 23.6 Å². The third-order valence-corrected chi connectivity index (χ3v) is 3.85. The molecule has 0 aliphatic heterocycles. The Kier molecular flexibility index (Phi) is 6.14. The molecule has 7 nitrogen and oxygen atoms in total. The molecular weight excluding hydrogens is 326 g/mol. The van der Waals surface area contributed by atoms with E-state index in [4.69, 9.17) is 5.73 Å². The Bertz CT molecular complexity index is 713. The van der Waals surface area contributed by atoms with E-state index in [0.717, 1.165) is 17.0 Å². The number of rotatable bonds is 6. The first kappa shape index (κ1) is 17.7. The molecule has 0 radical (unpaired) electrons. The zero-order chi connectivity index (χ0) is 17.5. The van der Waals surface area contributed by atoms with Gasteiger partial charge in [-0.05, 0) is 37.6 Å². The Labute approximate surface area is 144 Å². The molecule has 8 heteroatoms. The van der Waals surface area contributed by atoms with Crippen LogP contribution in [0.2, 0.25) is 0 Å². The minimum atomic E-state index is -0.610. The minimum Gasteiger partial charge on any atom is -0.351 e. The number of thioether (sulfide) groups is 1. The first-order valence-corrected chi connectivity index (χ1v) is 8.28. The summed E-state index contributed by atoms with van der Waals surface area (Å²) < 4.78 is 0. The minimum absolute atomic E-state index is 0.0953. The fourth-order valence-electron chi connectivity index (χ4n) is 1.99. The van der Waals surface area contributed by atoms with E-state index < -0.39 is 6.03 Å². The number of carbonyl (C=O) groups is 2. The van der Waals surface area contributed by atoms with Gasteiger partial charge in [-0.2, -0.15) is 0 Å². The molecule has 0 aliphatic carbocycles. The standard InChI is InChI=1S/C16H19N5O2S/c1-10-7-11(2)20-16(19-10)24-9-14(22)18-8-12-3-5-13(6-4-12)21-15(17)23/h3-7H,8-9H2,1-2H3,(H,18,22)(H3,17,21,23). The number of nitrogens with zero attached hydrogens (tertiary/aromatic N) is 2. The Morgan fingerprint density at radius 2 is 1.75 bits per heavy atom. The number of urea groups is 1. The predicted octanol–water partition coefficient (Wildman–Crippen LogP) is 1.99. The lowest BCUT2D eigenvalue weighted by Gasteiger charge is -2.07. The Morgan fingerprint density at radius 1 is 1.12 bits per heavy atom. The van der Waals surface area contributed by atoms with Gasteiger partial charge in [-0.1, -0.05) is 23.9 Å². The Hall–Kier alpha value is -2.61. The normalized spacial score (nSPS) is 10.2. The maximum atomic E-state index is 11.9. The number of hydrogen-bond donors (Lipinski definition) is 3. The first-order valence-electron chi connectivity index (χ1n) is 7.29. The van der Waals surface area contributed by atoms with Crippen molar-refractivity contribution in [3.8, 4) is 0 Å². The zero-order valence-electron chi connectivity index (χ0n) is 13.5. The van der Waals surface area contributed by atoms with E-state index in [9.17, 15) is 9.59 Å². The molecule has 0 bridgehead atoms. The van der Waals surface area contributed by atoms with Crippen LogP contribution in [0.4, 0.5) is 10.5 Å². The molecule has 0 spiro atoms. The largest absolute Gasteiger partial charge is 0.351 e. The van der Waals surface area contributed by atoms with Crippen LogP contribution < -0.4 is 16.4 Å². The number of anilines is 1. The topological polar surface area (TPSA) is 110 Å². The molecule has 0 fully saturated rings. The Morgan fingerprint density at radius 3 is 2.33 bits per heavy atom. The van der Waals surface area contributed by atoms with E-state index in [0.29, 0.717) is 17.4 Å². The number of hydrogen-bond acceptors (Lipinski definition) is 5. The lowest BCUT2D eigenvalue weighted by atomic mass is 10.2. The van der Waals surface area contributed by atoms with Gasteiger partial charge in [0.25, 0.3) is 0 Å². The quantitative estimate of drug-likeness (QED) is 0.548. The van der Waals surface area contributed by atoms with Crippen molar-refractivity contribution in [2.45, 2.75) is 25.5 Å². The molecule has 0 aliphatic rings. The second-order valence-electron chi connectivity index (χ2n) is 5.18. The number of primary amides is 1. The summed E-state index contributed by atoms with van der Waals surface area (Å²) in [6, 6.07) is 8.36. The highest BCUT2D eigenvalue weighted by atomic mass is 32.2. The first-order chi connectivity index (χ1) is 11.4. The molecule has 4 N–H and O–H groups in total. The maximum absolute atomic E-state index is 11.9. The van der Waals surface area contributed by atoms with Crippen molar-refractivity contribution in [3.63, 3.8) is 0 Å². The second-order valence-corrected chi connectivity index (χ2v) is 6.13. The molecule has 0 saturated carbocycles. The van der Waals surface area contributed by atoms with Crippen LogP contribution in [-0.4, -0.2) is 27.7 Å². The van der Waals surface area contributed by atoms with Crippen LogP contribution in [0, 0.1) is 13.8 Å². The third kappa shape index (κ3) is 5.88. The van der Waals surface area contributed by atoms with Gasteiger partial charge >= 0.3 is 6.03 Å². The molecule has 24 heavy (non-hydrogen) atoms. The summed E-state index contributed by atoms with van der Waals surface area (Å²) >= 11 is 1.31. The fraction of sp³-hybridized carbons (Fsp3) is 0.250. The molecule has 2 rings (SSSR count). The van der Waals surface area contributed by atoms with Crippen molar-refractivity contribution in [3.05, 3.63) is 47.3 Å². The van der Waals surface area contributed by atoms with E-state index in [2.05, 4.69) is 20.6 Å². The van der Waals surface area contributed by atoms with Crippen molar-refractivity contribution in [1.82, 2.24) is 15.3 Å². The van der Waals surface area contributed by atoms with E-state index in [1.807, 2.05) is 32.0 Å². The second kappa shape index (κ2) is 8.30. The van der Waals surface area contributed by atoms with Crippen LogP contribution in [0.5, 0.6) is 0 Å². The molecule has 0 saturated heterocycles.